The van der Waals surface area contributed by atoms with Crippen LogP contribution in [0.15, 0.2) is 36.4 Å². The second kappa shape index (κ2) is 14.1. The number of phenolic OH excluding ortho intramolecular Hbond substituents is 2. The quantitative estimate of drug-likeness (QED) is 0.123. The molecule has 2 aromatic carbocycles. The number of hydroxylamine groups is 2. The van der Waals surface area contributed by atoms with E-state index in [2.05, 4.69) is 16.1 Å². The number of aliphatic hydroxyl groups is 1. The van der Waals surface area contributed by atoms with Crippen LogP contribution in [0.3, 0.4) is 0 Å². The number of amides is 2. The van der Waals surface area contributed by atoms with Crippen LogP contribution in [-0.4, -0.2) is 71.4 Å². The number of hydrogen-bond donors (Lipinski definition) is 8. The van der Waals surface area contributed by atoms with Gasteiger partial charge in [0.05, 0.1) is 26.9 Å². The zero-order chi connectivity index (χ0) is 26.7. The summed E-state index contributed by atoms with van der Waals surface area (Å²) in [5, 5.41) is 44.9. The Labute approximate surface area is 207 Å². The SMILES string of the molecule is COc1cccc(O)c1CN[C@@H](CONC(=O)[C@@H](NCc1c(O)cccc1OC)[C@@H](C)O)C(=O)NO. The van der Waals surface area contributed by atoms with E-state index in [1.165, 1.54) is 38.8 Å². The third-order valence-corrected chi connectivity index (χ3v) is 5.29. The van der Waals surface area contributed by atoms with Crippen molar-refractivity contribution in [3.63, 3.8) is 0 Å². The molecule has 198 valence electrons. The minimum atomic E-state index is -1.14. The first-order valence-electron chi connectivity index (χ1n) is 10.9. The first kappa shape index (κ1) is 28.6. The molecule has 0 aromatic heterocycles. The van der Waals surface area contributed by atoms with Gasteiger partial charge in [0.25, 0.3) is 11.8 Å². The second-order valence-electron chi connectivity index (χ2n) is 7.70. The summed E-state index contributed by atoms with van der Waals surface area (Å²) in [5.74, 6) is -0.931. The van der Waals surface area contributed by atoms with Crippen molar-refractivity contribution in [3.05, 3.63) is 47.5 Å². The first-order valence-corrected chi connectivity index (χ1v) is 10.9. The van der Waals surface area contributed by atoms with Gasteiger partial charge >= 0.3 is 0 Å². The molecule has 13 nitrogen and oxygen atoms in total. The van der Waals surface area contributed by atoms with Crippen LogP contribution in [0.4, 0.5) is 0 Å². The lowest BCUT2D eigenvalue weighted by Crippen LogP contribution is -2.52. The van der Waals surface area contributed by atoms with Gasteiger partial charge in [-0.3, -0.25) is 30.3 Å². The molecular formula is C23H32N4O9. The molecule has 0 saturated heterocycles. The average Bonchev–Trinajstić information content (AvgIpc) is 2.86. The highest BCUT2D eigenvalue weighted by molar-refractivity contribution is 5.82. The molecular weight excluding hydrogens is 476 g/mol. The molecule has 13 heteroatoms. The highest BCUT2D eigenvalue weighted by Gasteiger charge is 2.26. The Balaban J connectivity index is 1.97. The van der Waals surface area contributed by atoms with Crippen molar-refractivity contribution in [2.45, 2.75) is 38.2 Å². The van der Waals surface area contributed by atoms with Crippen LogP contribution in [0.25, 0.3) is 0 Å². The third-order valence-electron chi connectivity index (χ3n) is 5.29. The number of benzene rings is 2. The topological polar surface area (TPSA) is 191 Å². The average molecular weight is 509 g/mol. The largest absolute Gasteiger partial charge is 0.507 e. The lowest BCUT2D eigenvalue weighted by atomic mass is 10.1. The van der Waals surface area contributed by atoms with E-state index in [9.17, 15) is 24.9 Å². The lowest BCUT2D eigenvalue weighted by molar-refractivity contribution is -0.143. The van der Waals surface area contributed by atoms with E-state index >= 15 is 0 Å². The zero-order valence-electron chi connectivity index (χ0n) is 20.1. The minimum absolute atomic E-state index is 0.00165. The minimum Gasteiger partial charge on any atom is -0.507 e. The molecule has 0 bridgehead atoms. The summed E-state index contributed by atoms with van der Waals surface area (Å²) in [5.41, 5.74) is 4.42. The van der Waals surface area contributed by atoms with Gasteiger partial charge in [-0.05, 0) is 31.2 Å². The number of aromatic hydroxyl groups is 2. The Morgan fingerprint density at radius 2 is 1.42 bits per heavy atom. The summed E-state index contributed by atoms with van der Waals surface area (Å²) in [6.07, 6.45) is -1.14. The van der Waals surface area contributed by atoms with Gasteiger partial charge in [0.15, 0.2) is 0 Å². The van der Waals surface area contributed by atoms with Crippen LogP contribution in [0.1, 0.15) is 18.1 Å². The zero-order valence-corrected chi connectivity index (χ0v) is 20.1. The van der Waals surface area contributed by atoms with E-state index in [0.29, 0.717) is 22.6 Å². The van der Waals surface area contributed by atoms with Crippen molar-refractivity contribution < 1.29 is 44.4 Å². The molecule has 0 aliphatic rings. The van der Waals surface area contributed by atoms with Gasteiger partial charge in [0.2, 0.25) is 0 Å². The van der Waals surface area contributed by atoms with E-state index in [-0.39, 0.29) is 24.6 Å². The summed E-state index contributed by atoms with van der Waals surface area (Å²) in [6, 6.07) is 7.10. The maximum atomic E-state index is 12.6. The molecule has 0 spiro atoms. The number of aliphatic hydroxyl groups excluding tert-OH is 1. The number of rotatable bonds is 14. The number of methoxy groups -OCH3 is 2. The second-order valence-corrected chi connectivity index (χ2v) is 7.70. The predicted molar refractivity (Wildman–Crippen MR) is 126 cm³/mol. The normalized spacial score (nSPS) is 13.4. The van der Waals surface area contributed by atoms with Crippen LogP contribution < -0.4 is 31.1 Å². The molecule has 0 aliphatic heterocycles. The van der Waals surface area contributed by atoms with E-state index in [4.69, 9.17) is 19.5 Å². The number of ether oxygens (including phenoxy) is 2. The van der Waals surface area contributed by atoms with Crippen LogP contribution in [0.2, 0.25) is 0 Å². The van der Waals surface area contributed by atoms with Gasteiger partial charge in [0.1, 0.15) is 35.1 Å². The maximum absolute atomic E-state index is 12.6. The van der Waals surface area contributed by atoms with Crippen molar-refractivity contribution in [1.82, 2.24) is 21.6 Å². The van der Waals surface area contributed by atoms with Gasteiger partial charge in [-0.25, -0.2) is 11.0 Å². The first-order chi connectivity index (χ1) is 17.2. The molecule has 0 aliphatic carbocycles. The fraction of sp³-hybridized carbons (Fsp3) is 0.391. The Bertz CT molecular complexity index is 1020. The van der Waals surface area contributed by atoms with Gasteiger partial charge in [0, 0.05) is 24.2 Å². The number of phenols is 2. The summed E-state index contributed by atoms with van der Waals surface area (Å²) < 4.78 is 10.4. The molecule has 3 atom stereocenters. The summed E-state index contributed by atoms with van der Waals surface area (Å²) in [7, 11) is 2.86. The van der Waals surface area contributed by atoms with Crippen molar-refractivity contribution >= 4 is 11.8 Å². The van der Waals surface area contributed by atoms with E-state index < -0.39 is 36.6 Å². The van der Waals surface area contributed by atoms with Crippen molar-refractivity contribution in [3.8, 4) is 23.0 Å². The Morgan fingerprint density at radius 3 is 1.89 bits per heavy atom. The molecule has 0 radical (unpaired) electrons. The number of nitrogens with one attached hydrogen (secondary N) is 4. The highest BCUT2D eigenvalue weighted by Crippen LogP contribution is 2.28. The maximum Gasteiger partial charge on any atom is 0.263 e. The molecule has 2 aromatic rings. The van der Waals surface area contributed by atoms with Crippen LogP contribution in [0, 0.1) is 0 Å². The van der Waals surface area contributed by atoms with Crippen molar-refractivity contribution in [2.75, 3.05) is 20.8 Å². The fourth-order valence-corrected chi connectivity index (χ4v) is 3.33. The molecule has 8 N–H and O–H groups in total. The van der Waals surface area contributed by atoms with Gasteiger partial charge < -0.3 is 24.8 Å². The molecule has 2 rings (SSSR count). The summed E-state index contributed by atoms with van der Waals surface area (Å²) in [4.78, 5) is 29.8. The van der Waals surface area contributed by atoms with Gasteiger partial charge in [-0.1, -0.05) is 12.1 Å². The highest BCUT2D eigenvalue weighted by atomic mass is 16.7. The van der Waals surface area contributed by atoms with Crippen LogP contribution >= 0.6 is 0 Å². The molecule has 0 fully saturated rings. The molecule has 0 saturated carbocycles. The summed E-state index contributed by atoms with van der Waals surface area (Å²) in [6.45, 7) is 0.959. The van der Waals surface area contributed by atoms with Gasteiger partial charge in [-0.15, -0.1) is 0 Å². The van der Waals surface area contributed by atoms with E-state index in [1.807, 2.05) is 0 Å². The Hall–Kier alpha value is -3.62. The molecule has 0 unspecified atom stereocenters. The van der Waals surface area contributed by atoms with E-state index in [0.717, 1.165) is 0 Å². The monoisotopic (exact) mass is 508 g/mol. The smallest absolute Gasteiger partial charge is 0.263 e. The van der Waals surface area contributed by atoms with Gasteiger partial charge in [-0.2, -0.15) is 0 Å². The van der Waals surface area contributed by atoms with E-state index in [1.54, 1.807) is 24.3 Å². The molecule has 36 heavy (non-hydrogen) atoms. The predicted octanol–water partition coefficient (Wildman–Crippen LogP) is -0.334. The summed E-state index contributed by atoms with van der Waals surface area (Å²) >= 11 is 0. The van der Waals surface area contributed by atoms with Crippen molar-refractivity contribution in [1.29, 1.82) is 0 Å². The Kier molecular flexibility index (Phi) is 11.2. The van der Waals surface area contributed by atoms with Crippen LogP contribution in [0.5, 0.6) is 23.0 Å². The number of carbonyl (C=O) groups excluding carboxylic acids is 2. The lowest BCUT2D eigenvalue weighted by Gasteiger charge is -2.22. The number of carbonyl (C=O) groups is 2. The fourth-order valence-electron chi connectivity index (χ4n) is 3.33. The molecule has 2 amide bonds. The third kappa shape index (κ3) is 7.69. The Morgan fingerprint density at radius 1 is 0.889 bits per heavy atom. The number of hydrogen-bond acceptors (Lipinski definition) is 11. The van der Waals surface area contributed by atoms with Crippen molar-refractivity contribution in [2.24, 2.45) is 0 Å². The van der Waals surface area contributed by atoms with Crippen LogP contribution in [-0.2, 0) is 27.5 Å². The standard InChI is InChI=1S/C23H32N4O9/c1-13(28)21(25-11-15-18(30)7-5-9-20(15)35-3)23(32)27-36-12-16(22(31)26-33)24-10-14-17(29)6-4-8-19(14)34-2/h4-9,13,16,21,24-25,28-30,33H,10-12H2,1-3H3,(H,26,31)(H,27,32)/t13-,16+,21+/m1/s1. The molecule has 0 heterocycles.